The van der Waals surface area contributed by atoms with Gasteiger partial charge < -0.3 is 20.5 Å². The first-order chi connectivity index (χ1) is 12.9. The van der Waals surface area contributed by atoms with E-state index in [1.54, 1.807) is 7.11 Å². The molecule has 0 spiro atoms. The summed E-state index contributed by atoms with van der Waals surface area (Å²) in [5, 5.41) is 3.04. The van der Waals surface area contributed by atoms with Crippen molar-refractivity contribution in [2.24, 2.45) is 11.7 Å². The molecule has 2 fully saturated rings. The Balaban J connectivity index is 1.44. The molecule has 1 aliphatic heterocycles. The molecule has 0 radical (unpaired) electrons. The fourth-order valence-electron chi connectivity index (χ4n) is 4.21. The summed E-state index contributed by atoms with van der Waals surface area (Å²) in [4.78, 5) is 14.7. The van der Waals surface area contributed by atoms with Gasteiger partial charge in [0.1, 0.15) is 0 Å². The van der Waals surface area contributed by atoms with Crippen molar-refractivity contribution in [1.29, 1.82) is 0 Å². The van der Waals surface area contributed by atoms with Crippen LogP contribution < -0.4 is 11.1 Å². The largest absolute Gasteiger partial charge is 0.377 e. The van der Waals surface area contributed by atoms with Crippen molar-refractivity contribution in [2.75, 3.05) is 26.7 Å². The second-order valence-electron chi connectivity index (χ2n) is 8.18. The molecule has 3 rings (SSSR count). The average molecular weight is 376 g/mol. The summed E-state index contributed by atoms with van der Waals surface area (Å²) < 4.78 is 11.2. The van der Waals surface area contributed by atoms with Crippen molar-refractivity contribution in [3.05, 3.63) is 35.4 Å². The third-order valence-corrected chi connectivity index (χ3v) is 5.80. The minimum Gasteiger partial charge on any atom is -0.377 e. The Morgan fingerprint density at radius 2 is 1.81 bits per heavy atom. The Labute approximate surface area is 162 Å². The Hall–Kier alpha value is -1.47. The lowest BCUT2D eigenvalue weighted by Gasteiger charge is -2.44. The van der Waals surface area contributed by atoms with Gasteiger partial charge in [-0.2, -0.15) is 0 Å². The van der Waals surface area contributed by atoms with Gasteiger partial charge in [0, 0.05) is 45.8 Å². The van der Waals surface area contributed by atoms with E-state index in [1.807, 2.05) is 0 Å². The van der Waals surface area contributed by atoms with Gasteiger partial charge in [0.15, 0.2) is 0 Å². The van der Waals surface area contributed by atoms with E-state index in [4.69, 9.17) is 15.2 Å². The van der Waals surface area contributed by atoms with Crippen LogP contribution in [0.15, 0.2) is 24.3 Å². The highest BCUT2D eigenvalue weighted by molar-refractivity contribution is 5.80. The third kappa shape index (κ3) is 5.08. The molecule has 2 atom stereocenters. The number of morpholine rings is 1. The van der Waals surface area contributed by atoms with E-state index in [1.165, 1.54) is 5.56 Å². The molecule has 1 heterocycles. The smallest absolute Gasteiger partial charge is 0.223 e. The van der Waals surface area contributed by atoms with E-state index in [9.17, 15) is 4.79 Å². The molecule has 1 saturated carbocycles. The van der Waals surface area contributed by atoms with Gasteiger partial charge in [-0.1, -0.05) is 24.3 Å². The second kappa shape index (κ2) is 8.69. The maximum atomic E-state index is 12.3. The molecule has 6 heteroatoms. The van der Waals surface area contributed by atoms with Gasteiger partial charge in [0.05, 0.1) is 17.8 Å². The van der Waals surface area contributed by atoms with Crippen LogP contribution in [0.5, 0.6) is 0 Å². The summed E-state index contributed by atoms with van der Waals surface area (Å²) in [6, 6.07) is 8.51. The molecule has 1 aromatic rings. The van der Waals surface area contributed by atoms with E-state index in [0.717, 1.165) is 25.2 Å². The number of nitrogens with one attached hydrogen (secondary N) is 1. The van der Waals surface area contributed by atoms with E-state index >= 15 is 0 Å². The van der Waals surface area contributed by atoms with Gasteiger partial charge in [0.25, 0.3) is 0 Å². The molecule has 6 nitrogen and oxygen atoms in total. The summed E-state index contributed by atoms with van der Waals surface area (Å²) in [5.41, 5.74) is 7.85. The van der Waals surface area contributed by atoms with Crippen LogP contribution in [0.2, 0.25) is 0 Å². The Morgan fingerprint density at radius 3 is 2.37 bits per heavy atom. The molecule has 1 saturated heterocycles. The predicted molar refractivity (Wildman–Crippen MR) is 105 cm³/mol. The quantitative estimate of drug-likeness (QED) is 0.758. The first-order valence-electron chi connectivity index (χ1n) is 9.91. The molecule has 0 bridgehead atoms. The zero-order valence-corrected chi connectivity index (χ0v) is 16.7. The van der Waals surface area contributed by atoms with Gasteiger partial charge in [-0.15, -0.1) is 0 Å². The highest BCUT2D eigenvalue weighted by Gasteiger charge is 2.46. The number of hydrogen-bond acceptors (Lipinski definition) is 5. The predicted octanol–water partition coefficient (Wildman–Crippen LogP) is 1.67. The number of nitrogens with two attached hydrogens (primary N) is 1. The normalized spacial score (nSPS) is 31.3. The molecule has 2 unspecified atom stereocenters. The number of hydrogen-bond donors (Lipinski definition) is 2. The Kier molecular flexibility index (Phi) is 6.52. The lowest BCUT2D eigenvalue weighted by molar-refractivity contribution is -0.145. The Bertz CT molecular complexity index is 612. The van der Waals surface area contributed by atoms with Crippen LogP contribution in [0.4, 0.5) is 0 Å². The van der Waals surface area contributed by atoms with Gasteiger partial charge >= 0.3 is 0 Å². The molecular formula is C21H33N3O3. The summed E-state index contributed by atoms with van der Waals surface area (Å²) in [6.45, 7) is 8.15. The Morgan fingerprint density at radius 1 is 1.22 bits per heavy atom. The van der Waals surface area contributed by atoms with E-state index < -0.39 is 0 Å². The SMILES string of the molecule is COC1(CN)CC(C(=O)NCc2ccc(CN3CC(C)OC(C)C3)cc2)C1. The minimum atomic E-state index is -0.294. The van der Waals surface area contributed by atoms with Gasteiger partial charge in [-0.05, 0) is 37.8 Å². The van der Waals surface area contributed by atoms with E-state index in [-0.39, 0.29) is 29.6 Å². The first kappa shape index (κ1) is 20.3. The second-order valence-corrected chi connectivity index (χ2v) is 8.18. The standard InChI is InChI=1S/C21H33N3O3/c1-15-11-24(12-16(2)27-15)13-18-6-4-17(5-7-18)10-23-20(25)19-8-21(9-19,14-22)26-3/h4-7,15-16,19H,8-14,22H2,1-3H3,(H,23,25). The number of methoxy groups -OCH3 is 1. The molecule has 2 aliphatic rings. The van der Waals surface area contributed by atoms with Gasteiger partial charge in [0.2, 0.25) is 5.91 Å². The highest BCUT2D eigenvalue weighted by atomic mass is 16.5. The van der Waals surface area contributed by atoms with Crippen molar-refractivity contribution in [3.63, 3.8) is 0 Å². The lowest BCUT2D eigenvalue weighted by atomic mass is 9.70. The molecule has 0 aromatic heterocycles. The number of rotatable bonds is 7. The first-order valence-corrected chi connectivity index (χ1v) is 9.91. The van der Waals surface area contributed by atoms with Crippen LogP contribution in [-0.4, -0.2) is 55.4 Å². The summed E-state index contributed by atoms with van der Waals surface area (Å²) >= 11 is 0. The highest BCUT2D eigenvalue weighted by Crippen LogP contribution is 2.39. The third-order valence-electron chi connectivity index (χ3n) is 5.80. The molecule has 3 N–H and O–H groups in total. The number of ether oxygens (including phenoxy) is 2. The number of carbonyl (C=O) groups excluding carboxylic acids is 1. The van der Waals surface area contributed by atoms with Crippen LogP contribution >= 0.6 is 0 Å². The summed E-state index contributed by atoms with van der Waals surface area (Å²) in [5.74, 6) is 0.106. The maximum Gasteiger partial charge on any atom is 0.223 e. The molecule has 1 aromatic carbocycles. The van der Waals surface area contributed by atoms with Crippen molar-refractivity contribution in [2.45, 2.75) is 57.6 Å². The minimum absolute atomic E-state index is 0.0121. The number of benzene rings is 1. The van der Waals surface area contributed by atoms with Crippen molar-refractivity contribution in [1.82, 2.24) is 10.2 Å². The molecule has 1 amide bonds. The number of nitrogens with zero attached hydrogens (tertiary/aromatic N) is 1. The van der Waals surface area contributed by atoms with Crippen molar-refractivity contribution < 1.29 is 14.3 Å². The number of carbonyl (C=O) groups is 1. The van der Waals surface area contributed by atoms with Crippen LogP contribution in [-0.2, 0) is 27.4 Å². The van der Waals surface area contributed by atoms with Crippen molar-refractivity contribution in [3.8, 4) is 0 Å². The van der Waals surface area contributed by atoms with Crippen LogP contribution in [0.1, 0.15) is 37.8 Å². The van der Waals surface area contributed by atoms with E-state index in [0.29, 0.717) is 25.9 Å². The fourth-order valence-corrected chi connectivity index (χ4v) is 4.21. The van der Waals surface area contributed by atoms with E-state index in [2.05, 4.69) is 48.3 Å². The zero-order valence-electron chi connectivity index (χ0n) is 16.7. The summed E-state index contributed by atoms with van der Waals surface area (Å²) in [7, 11) is 1.67. The van der Waals surface area contributed by atoms with Crippen molar-refractivity contribution >= 4 is 5.91 Å². The molecule has 27 heavy (non-hydrogen) atoms. The summed E-state index contributed by atoms with van der Waals surface area (Å²) in [6.07, 6.45) is 1.99. The number of amides is 1. The monoisotopic (exact) mass is 375 g/mol. The maximum absolute atomic E-state index is 12.3. The van der Waals surface area contributed by atoms with Crippen LogP contribution in [0.25, 0.3) is 0 Å². The average Bonchev–Trinajstić information content (AvgIpc) is 2.60. The van der Waals surface area contributed by atoms with Crippen LogP contribution in [0, 0.1) is 5.92 Å². The van der Waals surface area contributed by atoms with Gasteiger partial charge in [-0.3, -0.25) is 9.69 Å². The topological polar surface area (TPSA) is 76.8 Å². The van der Waals surface area contributed by atoms with Gasteiger partial charge in [-0.25, -0.2) is 0 Å². The fraction of sp³-hybridized carbons (Fsp3) is 0.667. The molecular weight excluding hydrogens is 342 g/mol. The molecule has 1 aliphatic carbocycles. The van der Waals surface area contributed by atoms with Crippen LogP contribution in [0.3, 0.4) is 0 Å². The lowest BCUT2D eigenvalue weighted by Crippen LogP contribution is -2.55. The zero-order chi connectivity index (χ0) is 19.4. The molecule has 150 valence electrons.